The van der Waals surface area contributed by atoms with Gasteiger partial charge in [-0.1, -0.05) is 36.4 Å². The number of ketones is 1. The summed E-state index contributed by atoms with van der Waals surface area (Å²) < 4.78 is 7.64. The van der Waals surface area contributed by atoms with Crippen LogP contribution in [0, 0.1) is 0 Å². The number of benzene rings is 2. The van der Waals surface area contributed by atoms with E-state index in [0.717, 1.165) is 33.3 Å². The van der Waals surface area contributed by atoms with Crippen LogP contribution in [0.5, 0.6) is 5.75 Å². The van der Waals surface area contributed by atoms with Crippen molar-refractivity contribution in [2.24, 2.45) is 7.05 Å². The molecule has 5 aromatic rings. The Bertz CT molecular complexity index is 1490. The number of aldehydes is 1. The molecule has 0 N–H and O–H groups in total. The highest BCUT2D eigenvalue weighted by molar-refractivity contribution is 6.35. The number of aromatic nitrogens is 3. The third-order valence-corrected chi connectivity index (χ3v) is 5.70. The average molecular weight is 447 g/mol. The van der Waals surface area contributed by atoms with Gasteiger partial charge in [0, 0.05) is 42.2 Å². The normalized spacial score (nSPS) is 10.9. The van der Waals surface area contributed by atoms with Gasteiger partial charge in [0.15, 0.2) is 6.29 Å². The molecule has 166 valence electrons. The zero-order valence-corrected chi connectivity index (χ0v) is 18.5. The van der Waals surface area contributed by atoms with E-state index in [4.69, 9.17) is 4.74 Å². The predicted molar refractivity (Wildman–Crippen MR) is 131 cm³/mol. The Kier molecular flexibility index (Phi) is 5.70. The lowest BCUT2D eigenvalue weighted by Gasteiger charge is -2.10. The van der Waals surface area contributed by atoms with Crippen molar-refractivity contribution >= 4 is 23.0 Å². The van der Waals surface area contributed by atoms with Gasteiger partial charge in [-0.25, -0.2) is 4.98 Å². The summed E-state index contributed by atoms with van der Waals surface area (Å²) in [7, 11) is 1.76. The van der Waals surface area contributed by atoms with Crippen LogP contribution in [-0.4, -0.2) is 26.6 Å². The lowest BCUT2D eigenvalue weighted by atomic mass is 9.96. The number of hydrogen-bond donors (Lipinski definition) is 0. The highest BCUT2D eigenvalue weighted by atomic mass is 16.5. The Morgan fingerprint density at radius 2 is 1.71 bits per heavy atom. The minimum absolute atomic E-state index is 0.340. The number of fused-ring (bicyclic) bond motifs is 1. The number of ether oxygens (including phenoxy) is 1. The highest BCUT2D eigenvalue weighted by Gasteiger charge is 2.22. The largest absolute Gasteiger partial charge is 0.487 e. The summed E-state index contributed by atoms with van der Waals surface area (Å²) in [4.78, 5) is 32.5. The number of carbonyl (C=O) groups excluding carboxylic acids is 2. The summed E-state index contributed by atoms with van der Waals surface area (Å²) in [6.07, 6.45) is 5.61. The molecule has 3 heterocycles. The summed E-state index contributed by atoms with van der Waals surface area (Å²) in [5.41, 5.74) is 5.39. The molecule has 0 bridgehead atoms. The summed E-state index contributed by atoms with van der Waals surface area (Å²) in [6.45, 7) is 0.340. The first kappa shape index (κ1) is 21.3. The van der Waals surface area contributed by atoms with Crippen LogP contribution in [-0.2, 0) is 18.4 Å². The van der Waals surface area contributed by atoms with Gasteiger partial charge in [0.1, 0.15) is 18.1 Å². The van der Waals surface area contributed by atoms with Crippen molar-refractivity contribution in [1.29, 1.82) is 0 Å². The average Bonchev–Trinajstić information content (AvgIpc) is 3.24. The number of aryl methyl sites for hydroxylation is 1. The Morgan fingerprint density at radius 3 is 2.47 bits per heavy atom. The van der Waals surface area contributed by atoms with Crippen LogP contribution in [0.25, 0.3) is 33.2 Å². The number of hydrogen-bond acceptors (Lipinski definition) is 5. The number of rotatable bonds is 7. The van der Waals surface area contributed by atoms with Gasteiger partial charge in [-0.05, 0) is 47.5 Å². The lowest BCUT2D eigenvalue weighted by Crippen LogP contribution is -2.07. The van der Waals surface area contributed by atoms with Gasteiger partial charge < -0.3 is 9.30 Å². The quantitative estimate of drug-likeness (QED) is 0.193. The Hall–Kier alpha value is -4.58. The van der Waals surface area contributed by atoms with Crippen molar-refractivity contribution in [3.63, 3.8) is 0 Å². The molecule has 0 saturated carbocycles. The fraction of sp³-hybridized carbons (Fsp3) is 0.0714. The van der Waals surface area contributed by atoms with E-state index >= 15 is 0 Å². The lowest BCUT2D eigenvalue weighted by molar-refractivity contribution is -0.104. The van der Waals surface area contributed by atoms with E-state index in [0.29, 0.717) is 29.9 Å². The number of para-hydroxylation sites is 1. The van der Waals surface area contributed by atoms with Gasteiger partial charge in [-0.2, -0.15) is 0 Å². The van der Waals surface area contributed by atoms with Crippen LogP contribution < -0.4 is 4.74 Å². The molecule has 0 fully saturated rings. The summed E-state index contributed by atoms with van der Waals surface area (Å²) in [6, 6.07) is 23.2. The first-order valence-electron chi connectivity index (χ1n) is 10.8. The van der Waals surface area contributed by atoms with E-state index in [1.807, 2.05) is 79.0 Å². The highest BCUT2D eigenvalue weighted by Crippen LogP contribution is 2.37. The van der Waals surface area contributed by atoms with Crippen LogP contribution >= 0.6 is 0 Å². The molecule has 0 atom stereocenters. The van der Waals surface area contributed by atoms with E-state index in [9.17, 15) is 9.59 Å². The standard InChI is InChI=1S/C28H21N3O3/c1-31-16-24(19-12-14-29-15-13-19)27(28(31)26(33)17-32)21-7-10-23(11-8-21)34-18-22-9-6-20-4-2-3-5-25(20)30-22/h2-17H,18H2,1H3. The van der Waals surface area contributed by atoms with E-state index in [1.165, 1.54) is 0 Å². The van der Waals surface area contributed by atoms with Crippen molar-refractivity contribution in [2.45, 2.75) is 6.61 Å². The molecule has 0 saturated heterocycles. The fourth-order valence-corrected chi connectivity index (χ4v) is 4.09. The Labute approximate surface area is 196 Å². The number of nitrogens with zero attached hydrogens (tertiary/aromatic N) is 3. The van der Waals surface area contributed by atoms with Crippen LogP contribution in [0.15, 0.2) is 91.4 Å². The fourth-order valence-electron chi connectivity index (χ4n) is 4.09. The van der Waals surface area contributed by atoms with Crippen LogP contribution in [0.3, 0.4) is 0 Å². The minimum Gasteiger partial charge on any atom is -0.487 e. The first-order chi connectivity index (χ1) is 16.6. The summed E-state index contributed by atoms with van der Waals surface area (Å²) in [5, 5.41) is 1.09. The molecule has 0 aliphatic rings. The smallest absolute Gasteiger partial charge is 0.242 e. The molecule has 2 aromatic carbocycles. The van der Waals surface area contributed by atoms with E-state index in [1.54, 1.807) is 24.0 Å². The summed E-state index contributed by atoms with van der Waals surface area (Å²) in [5.74, 6) is 0.115. The predicted octanol–water partition coefficient (Wildman–Crippen LogP) is 5.26. The zero-order valence-electron chi connectivity index (χ0n) is 18.5. The van der Waals surface area contributed by atoms with Crippen molar-refractivity contribution in [3.05, 3.63) is 103 Å². The van der Waals surface area contributed by atoms with Gasteiger partial charge in [-0.15, -0.1) is 0 Å². The molecule has 6 nitrogen and oxygen atoms in total. The monoisotopic (exact) mass is 447 g/mol. The molecule has 5 rings (SSSR count). The van der Waals surface area contributed by atoms with Crippen molar-refractivity contribution in [1.82, 2.24) is 14.5 Å². The first-order valence-corrected chi connectivity index (χ1v) is 10.8. The van der Waals surface area contributed by atoms with Gasteiger partial charge in [0.05, 0.1) is 11.2 Å². The van der Waals surface area contributed by atoms with E-state index in [-0.39, 0.29) is 0 Å². The molecular weight excluding hydrogens is 426 g/mol. The molecular formula is C28H21N3O3. The van der Waals surface area contributed by atoms with Crippen molar-refractivity contribution in [3.8, 4) is 28.0 Å². The van der Waals surface area contributed by atoms with Crippen molar-refractivity contribution in [2.75, 3.05) is 0 Å². The topological polar surface area (TPSA) is 74.1 Å². The second-order valence-electron chi connectivity index (χ2n) is 7.90. The zero-order chi connectivity index (χ0) is 23.5. The molecule has 34 heavy (non-hydrogen) atoms. The maximum atomic E-state index is 12.5. The molecule has 0 spiro atoms. The van der Waals surface area contributed by atoms with Crippen molar-refractivity contribution < 1.29 is 14.3 Å². The van der Waals surface area contributed by atoms with E-state index in [2.05, 4.69) is 9.97 Å². The van der Waals surface area contributed by atoms with E-state index < -0.39 is 5.78 Å². The maximum Gasteiger partial charge on any atom is 0.242 e. The number of pyridine rings is 2. The third kappa shape index (κ3) is 4.09. The molecule has 0 aliphatic heterocycles. The van der Waals surface area contributed by atoms with Gasteiger partial charge >= 0.3 is 0 Å². The SMILES string of the molecule is Cn1cc(-c2ccncc2)c(-c2ccc(OCc3ccc4ccccc4n3)cc2)c1C(=O)C=O. The molecule has 0 amide bonds. The minimum atomic E-state index is -0.569. The van der Waals surface area contributed by atoms with Crippen LogP contribution in [0.4, 0.5) is 0 Å². The molecule has 0 radical (unpaired) electrons. The van der Waals surface area contributed by atoms with Crippen LogP contribution in [0.1, 0.15) is 16.2 Å². The molecule has 6 heteroatoms. The van der Waals surface area contributed by atoms with Gasteiger partial charge in [-0.3, -0.25) is 14.6 Å². The Balaban J connectivity index is 1.44. The van der Waals surface area contributed by atoms with Gasteiger partial charge in [0.25, 0.3) is 0 Å². The number of carbonyl (C=O) groups is 2. The maximum absolute atomic E-state index is 12.5. The second kappa shape index (κ2) is 9.11. The molecule has 0 aliphatic carbocycles. The van der Waals surface area contributed by atoms with Gasteiger partial charge in [0.2, 0.25) is 5.78 Å². The summed E-state index contributed by atoms with van der Waals surface area (Å²) >= 11 is 0. The Morgan fingerprint density at radius 1 is 0.941 bits per heavy atom. The second-order valence-corrected chi connectivity index (χ2v) is 7.90. The number of Topliss-reactive ketones (excluding diaryl/α,β-unsaturated/α-hetero) is 1. The van der Waals surface area contributed by atoms with Crippen LogP contribution in [0.2, 0.25) is 0 Å². The molecule has 0 unspecified atom stereocenters. The molecule has 3 aromatic heterocycles. The third-order valence-electron chi connectivity index (χ3n) is 5.70.